The lowest BCUT2D eigenvalue weighted by Crippen LogP contribution is -2.39. The van der Waals surface area contributed by atoms with Crippen LogP contribution in [0.1, 0.15) is 5.56 Å². The molecule has 0 aliphatic heterocycles. The normalized spacial score (nSPS) is 9.95. The fourth-order valence-corrected chi connectivity index (χ4v) is 1.46. The van der Waals surface area contributed by atoms with Gasteiger partial charge in [0, 0.05) is 32.9 Å². The molecule has 0 saturated heterocycles. The maximum Gasteiger partial charge on any atom is 0.316 e. The Balaban J connectivity index is 2.14. The second kappa shape index (κ2) is 8.16. The summed E-state index contributed by atoms with van der Waals surface area (Å²) in [6.07, 6.45) is 0. The molecule has 0 bridgehead atoms. The first-order chi connectivity index (χ1) is 9.49. The van der Waals surface area contributed by atoms with E-state index in [9.17, 15) is 9.59 Å². The number of anilines is 1. The fourth-order valence-electron chi connectivity index (χ4n) is 1.46. The molecule has 0 atom stereocenters. The quantitative estimate of drug-likeness (QED) is 0.674. The maximum atomic E-state index is 11.6. The number of hydrogen-bond donors (Lipinski definition) is 3. The first-order valence-corrected chi connectivity index (χ1v) is 6.51. The van der Waals surface area contributed by atoms with Gasteiger partial charge in [-0.1, -0.05) is 17.7 Å². The number of aryl methyl sites for hydroxylation is 1. The Bertz CT molecular complexity index is 443. The summed E-state index contributed by atoms with van der Waals surface area (Å²) in [4.78, 5) is 24.3. The molecule has 6 heteroatoms. The monoisotopic (exact) mass is 278 g/mol. The standard InChI is InChI=1S/C14H22N4O2/c1-11-4-6-12(7-5-11)17-13(19)10-15-8-9-16-14(20)18(2)3/h4-7,15H,8-10H2,1-3H3,(H,16,20)(H,17,19). The molecule has 3 amide bonds. The van der Waals surface area contributed by atoms with Gasteiger partial charge in [0.2, 0.25) is 5.91 Å². The molecule has 0 aliphatic rings. The highest BCUT2D eigenvalue weighted by Gasteiger charge is 2.03. The third kappa shape index (κ3) is 6.19. The van der Waals surface area contributed by atoms with Gasteiger partial charge in [-0.3, -0.25) is 4.79 Å². The number of benzene rings is 1. The van der Waals surface area contributed by atoms with Gasteiger partial charge in [-0.2, -0.15) is 0 Å². The van der Waals surface area contributed by atoms with E-state index < -0.39 is 0 Å². The molecule has 20 heavy (non-hydrogen) atoms. The van der Waals surface area contributed by atoms with Gasteiger partial charge in [-0.05, 0) is 19.1 Å². The van der Waals surface area contributed by atoms with Crippen molar-refractivity contribution < 1.29 is 9.59 Å². The lowest BCUT2D eigenvalue weighted by Gasteiger charge is -2.12. The number of urea groups is 1. The van der Waals surface area contributed by atoms with Crippen molar-refractivity contribution in [3.63, 3.8) is 0 Å². The van der Waals surface area contributed by atoms with Crippen LogP contribution >= 0.6 is 0 Å². The lowest BCUT2D eigenvalue weighted by atomic mass is 10.2. The van der Waals surface area contributed by atoms with E-state index in [1.807, 2.05) is 31.2 Å². The molecular formula is C14H22N4O2. The summed E-state index contributed by atoms with van der Waals surface area (Å²) in [6, 6.07) is 7.48. The number of amides is 3. The first kappa shape index (κ1) is 16.0. The van der Waals surface area contributed by atoms with Crippen LogP contribution in [0.15, 0.2) is 24.3 Å². The van der Waals surface area contributed by atoms with Crippen molar-refractivity contribution in [1.82, 2.24) is 15.5 Å². The number of carbonyl (C=O) groups is 2. The van der Waals surface area contributed by atoms with Crippen molar-refractivity contribution in [2.24, 2.45) is 0 Å². The first-order valence-electron chi connectivity index (χ1n) is 6.51. The Morgan fingerprint density at radius 3 is 2.35 bits per heavy atom. The molecule has 1 aromatic rings. The Morgan fingerprint density at radius 1 is 1.10 bits per heavy atom. The maximum absolute atomic E-state index is 11.6. The SMILES string of the molecule is Cc1ccc(NC(=O)CNCCNC(=O)N(C)C)cc1. The zero-order chi connectivity index (χ0) is 15.0. The molecule has 0 aromatic heterocycles. The van der Waals surface area contributed by atoms with Gasteiger partial charge in [0.15, 0.2) is 0 Å². The van der Waals surface area contributed by atoms with Crippen molar-refractivity contribution in [2.45, 2.75) is 6.92 Å². The summed E-state index contributed by atoms with van der Waals surface area (Å²) < 4.78 is 0. The molecule has 1 rings (SSSR count). The molecule has 3 N–H and O–H groups in total. The Morgan fingerprint density at radius 2 is 1.75 bits per heavy atom. The molecule has 0 aliphatic carbocycles. The lowest BCUT2D eigenvalue weighted by molar-refractivity contribution is -0.115. The predicted octanol–water partition coefficient (Wildman–Crippen LogP) is 0.794. The van der Waals surface area contributed by atoms with Crippen LogP contribution in [0.2, 0.25) is 0 Å². The molecular weight excluding hydrogens is 256 g/mol. The molecule has 6 nitrogen and oxygen atoms in total. The third-order valence-electron chi connectivity index (χ3n) is 2.61. The van der Waals surface area contributed by atoms with Crippen molar-refractivity contribution in [3.8, 4) is 0 Å². The number of hydrogen-bond acceptors (Lipinski definition) is 3. The van der Waals surface area contributed by atoms with Crippen LogP contribution in [0.5, 0.6) is 0 Å². The molecule has 0 spiro atoms. The van der Waals surface area contributed by atoms with Gasteiger partial charge in [0.1, 0.15) is 0 Å². The minimum atomic E-state index is -0.143. The highest BCUT2D eigenvalue weighted by molar-refractivity contribution is 5.92. The second-order valence-corrected chi connectivity index (χ2v) is 4.72. The van der Waals surface area contributed by atoms with Crippen LogP contribution in [0.25, 0.3) is 0 Å². The van der Waals surface area contributed by atoms with Gasteiger partial charge >= 0.3 is 6.03 Å². The molecule has 0 radical (unpaired) electrons. The Hall–Kier alpha value is -2.08. The van der Waals surface area contributed by atoms with E-state index in [4.69, 9.17) is 0 Å². The van der Waals surface area contributed by atoms with Crippen LogP contribution in [0, 0.1) is 6.92 Å². The van der Waals surface area contributed by atoms with Gasteiger partial charge in [-0.15, -0.1) is 0 Å². The largest absolute Gasteiger partial charge is 0.337 e. The van der Waals surface area contributed by atoms with E-state index in [0.29, 0.717) is 13.1 Å². The minimum Gasteiger partial charge on any atom is -0.337 e. The van der Waals surface area contributed by atoms with Crippen molar-refractivity contribution in [3.05, 3.63) is 29.8 Å². The zero-order valence-electron chi connectivity index (χ0n) is 12.2. The van der Waals surface area contributed by atoms with E-state index in [1.54, 1.807) is 14.1 Å². The summed E-state index contributed by atoms with van der Waals surface area (Å²) in [5.41, 5.74) is 1.93. The van der Waals surface area contributed by atoms with Crippen LogP contribution in [-0.2, 0) is 4.79 Å². The van der Waals surface area contributed by atoms with Crippen LogP contribution in [0.3, 0.4) is 0 Å². The van der Waals surface area contributed by atoms with Gasteiger partial charge in [0.05, 0.1) is 6.54 Å². The average Bonchev–Trinajstić information content (AvgIpc) is 2.40. The summed E-state index contributed by atoms with van der Waals surface area (Å²) in [5.74, 6) is -0.104. The highest BCUT2D eigenvalue weighted by Crippen LogP contribution is 2.07. The topological polar surface area (TPSA) is 73.5 Å². The van der Waals surface area contributed by atoms with Gasteiger partial charge in [0.25, 0.3) is 0 Å². The summed E-state index contributed by atoms with van der Waals surface area (Å²) in [5, 5.41) is 8.46. The van der Waals surface area contributed by atoms with E-state index in [1.165, 1.54) is 4.90 Å². The van der Waals surface area contributed by atoms with Crippen LogP contribution < -0.4 is 16.0 Å². The molecule has 1 aromatic carbocycles. The van der Waals surface area contributed by atoms with E-state index in [2.05, 4.69) is 16.0 Å². The van der Waals surface area contributed by atoms with Gasteiger partial charge in [-0.25, -0.2) is 4.79 Å². The summed E-state index contributed by atoms with van der Waals surface area (Å²) >= 11 is 0. The Labute approximate surface area is 119 Å². The third-order valence-corrected chi connectivity index (χ3v) is 2.61. The average molecular weight is 278 g/mol. The fraction of sp³-hybridized carbons (Fsp3) is 0.429. The molecule has 0 unspecified atom stereocenters. The number of nitrogens with one attached hydrogen (secondary N) is 3. The second-order valence-electron chi connectivity index (χ2n) is 4.72. The number of nitrogens with zero attached hydrogens (tertiary/aromatic N) is 1. The van der Waals surface area contributed by atoms with Crippen molar-refractivity contribution in [1.29, 1.82) is 0 Å². The highest BCUT2D eigenvalue weighted by atomic mass is 16.2. The zero-order valence-corrected chi connectivity index (χ0v) is 12.2. The predicted molar refractivity (Wildman–Crippen MR) is 79.8 cm³/mol. The smallest absolute Gasteiger partial charge is 0.316 e. The van der Waals surface area contributed by atoms with E-state index in [-0.39, 0.29) is 18.5 Å². The van der Waals surface area contributed by atoms with Crippen LogP contribution in [0.4, 0.5) is 10.5 Å². The molecule has 0 fully saturated rings. The van der Waals surface area contributed by atoms with Gasteiger partial charge < -0.3 is 20.9 Å². The summed E-state index contributed by atoms with van der Waals surface area (Å²) in [7, 11) is 3.36. The van der Waals surface area contributed by atoms with Crippen molar-refractivity contribution in [2.75, 3.05) is 39.0 Å². The summed E-state index contributed by atoms with van der Waals surface area (Å²) in [6.45, 7) is 3.23. The van der Waals surface area contributed by atoms with E-state index >= 15 is 0 Å². The number of carbonyl (C=O) groups excluding carboxylic acids is 2. The Kier molecular flexibility index (Phi) is 6.52. The van der Waals surface area contributed by atoms with Crippen molar-refractivity contribution >= 4 is 17.6 Å². The molecule has 110 valence electrons. The minimum absolute atomic E-state index is 0.104. The molecule has 0 saturated carbocycles. The van der Waals surface area contributed by atoms with E-state index in [0.717, 1.165) is 11.3 Å². The number of rotatable bonds is 6. The molecule has 0 heterocycles. The van der Waals surface area contributed by atoms with Crippen LogP contribution in [-0.4, -0.2) is 50.6 Å².